The third-order valence-electron chi connectivity index (χ3n) is 3.28. The molecule has 1 fully saturated rings. The molecule has 8 heteroatoms. The van der Waals surface area contributed by atoms with Crippen LogP contribution in [-0.4, -0.2) is 58.8 Å². The number of amides is 2. The molecule has 0 atom stereocenters. The fourth-order valence-electron chi connectivity index (χ4n) is 2.13. The number of rotatable bonds is 4. The zero-order valence-corrected chi connectivity index (χ0v) is 12.9. The summed E-state index contributed by atoms with van der Waals surface area (Å²) in [5.74, 6) is -1.03. The van der Waals surface area contributed by atoms with Gasteiger partial charge in [-0.1, -0.05) is 0 Å². The average Bonchev–Trinajstić information content (AvgIpc) is 2.87. The van der Waals surface area contributed by atoms with E-state index in [0.29, 0.717) is 37.7 Å². The number of hydrogen-bond donors (Lipinski definition) is 2. The Labute approximate surface area is 126 Å². The molecule has 7 nitrogen and oxygen atoms in total. The number of carbonyl (C=O) groups excluding carboxylic acids is 1. The van der Waals surface area contributed by atoms with E-state index in [0.717, 1.165) is 0 Å². The quantitative estimate of drug-likeness (QED) is 0.871. The molecule has 2 amide bonds. The van der Waals surface area contributed by atoms with E-state index >= 15 is 0 Å². The molecular formula is C13H19N3O4S. The van der Waals surface area contributed by atoms with Crippen molar-refractivity contribution in [3.63, 3.8) is 0 Å². The van der Waals surface area contributed by atoms with Crippen LogP contribution < -0.4 is 5.32 Å². The van der Waals surface area contributed by atoms with E-state index in [1.165, 1.54) is 16.7 Å². The largest absolute Gasteiger partial charge is 0.476 e. The highest BCUT2D eigenvalue weighted by atomic mass is 32.1. The number of ether oxygens (including phenoxy) is 1. The molecule has 2 heterocycles. The minimum absolute atomic E-state index is 0.0515. The molecule has 116 valence electrons. The van der Waals surface area contributed by atoms with Gasteiger partial charge in [0.25, 0.3) is 0 Å². The number of carboxylic acid groups (broad SMARTS) is 1. The summed E-state index contributed by atoms with van der Waals surface area (Å²) >= 11 is 1.29. The van der Waals surface area contributed by atoms with E-state index in [2.05, 4.69) is 10.3 Å². The van der Waals surface area contributed by atoms with Crippen LogP contribution in [0.2, 0.25) is 0 Å². The maximum absolute atomic E-state index is 12.2. The summed E-state index contributed by atoms with van der Waals surface area (Å²) in [7, 11) is 0. The van der Waals surface area contributed by atoms with Crippen molar-refractivity contribution in [3.8, 4) is 0 Å². The number of urea groups is 1. The van der Waals surface area contributed by atoms with Crippen molar-refractivity contribution >= 4 is 23.3 Å². The number of nitrogens with one attached hydrogen (secondary N) is 1. The fraction of sp³-hybridized carbons (Fsp3) is 0.615. The molecule has 21 heavy (non-hydrogen) atoms. The van der Waals surface area contributed by atoms with Gasteiger partial charge < -0.3 is 20.1 Å². The molecule has 0 aliphatic carbocycles. The SMILES string of the molecule is CC1(C)COCCN1C(=O)NCCc1nc(C(=O)O)cs1. The number of carboxylic acids is 1. The Morgan fingerprint density at radius 3 is 2.95 bits per heavy atom. The Kier molecular flexibility index (Phi) is 4.79. The van der Waals surface area contributed by atoms with Crippen molar-refractivity contribution in [3.05, 3.63) is 16.1 Å². The van der Waals surface area contributed by atoms with E-state index in [-0.39, 0.29) is 17.3 Å². The van der Waals surface area contributed by atoms with Gasteiger partial charge in [0.1, 0.15) is 0 Å². The van der Waals surface area contributed by atoms with Gasteiger partial charge in [0.2, 0.25) is 0 Å². The molecule has 2 N–H and O–H groups in total. The van der Waals surface area contributed by atoms with E-state index in [1.54, 1.807) is 4.90 Å². The summed E-state index contributed by atoms with van der Waals surface area (Å²) in [6.07, 6.45) is 0.522. The average molecular weight is 313 g/mol. The van der Waals surface area contributed by atoms with Crippen LogP contribution in [0.1, 0.15) is 29.3 Å². The van der Waals surface area contributed by atoms with Gasteiger partial charge >= 0.3 is 12.0 Å². The molecular weight excluding hydrogens is 294 g/mol. The molecule has 1 aromatic heterocycles. The zero-order valence-electron chi connectivity index (χ0n) is 12.1. The Balaban J connectivity index is 1.82. The highest BCUT2D eigenvalue weighted by Crippen LogP contribution is 2.18. The first-order valence-electron chi connectivity index (χ1n) is 6.71. The molecule has 1 aliphatic rings. The predicted molar refractivity (Wildman–Crippen MR) is 77.8 cm³/mol. The summed E-state index contributed by atoms with van der Waals surface area (Å²) in [5.41, 5.74) is -0.268. The lowest BCUT2D eigenvalue weighted by Crippen LogP contribution is -2.58. The van der Waals surface area contributed by atoms with Gasteiger partial charge in [0, 0.05) is 24.9 Å². The molecule has 1 aromatic rings. The predicted octanol–water partition coefficient (Wildman–Crippen LogP) is 1.20. The third-order valence-corrected chi connectivity index (χ3v) is 4.18. The molecule has 2 rings (SSSR count). The lowest BCUT2D eigenvalue weighted by Gasteiger charge is -2.41. The normalized spacial score (nSPS) is 17.5. The van der Waals surface area contributed by atoms with Gasteiger partial charge in [-0.05, 0) is 13.8 Å². The molecule has 0 bridgehead atoms. The lowest BCUT2D eigenvalue weighted by atomic mass is 10.0. The molecule has 1 aliphatic heterocycles. The highest BCUT2D eigenvalue weighted by molar-refractivity contribution is 7.09. The first kappa shape index (κ1) is 15.7. The topological polar surface area (TPSA) is 91.8 Å². The van der Waals surface area contributed by atoms with Crippen LogP contribution in [0.3, 0.4) is 0 Å². The standard InChI is InChI=1S/C13H19N3O4S/c1-13(2)8-20-6-5-16(13)12(19)14-4-3-10-15-9(7-21-10)11(17)18/h7H,3-6,8H2,1-2H3,(H,14,19)(H,17,18). The minimum atomic E-state index is -1.03. The van der Waals surface area contributed by atoms with Gasteiger partial charge in [-0.15, -0.1) is 11.3 Å². The smallest absolute Gasteiger partial charge is 0.355 e. The zero-order chi connectivity index (χ0) is 15.5. The maximum atomic E-state index is 12.2. The maximum Gasteiger partial charge on any atom is 0.355 e. The van der Waals surface area contributed by atoms with Crippen LogP contribution in [0.5, 0.6) is 0 Å². The van der Waals surface area contributed by atoms with E-state index in [4.69, 9.17) is 9.84 Å². The molecule has 1 saturated heterocycles. The van der Waals surface area contributed by atoms with Crippen molar-refractivity contribution in [1.82, 2.24) is 15.2 Å². The first-order valence-corrected chi connectivity index (χ1v) is 7.59. The van der Waals surface area contributed by atoms with E-state index < -0.39 is 5.97 Å². The Bertz CT molecular complexity index is 529. The lowest BCUT2D eigenvalue weighted by molar-refractivity contribution is -0.0277. The summed E-state index contributed by atoms with van der Waals surface area (Å²) in [5, 5.41) is 13.8. The second-order valence-corrected chi connectivity index (χ2v) is 6.37. The van der Waals surface area contributed by atoms with Crippen molar-refractivity contribution < 1.29 is 19.4 Å². The van der Waals surface area contributed by atoms with Crippen LogP contribution in [0.15, 0.2) is 5.38 Å². The Hall–Kier alpha value is -1.67. The second kappa shape index (κ2) is 6.40. The molecule has 0 unspecified atom stereocenters. The van der Waals surface area contributed by atoms with E-state index in [1.807, 2.05) is 13.8 Å². The van der Waals surface area contributed by atoms with Gasteiger partial charge in [-0.2, -0.15) is 0 Å². The number of thiazole rings is 1. The minimum Gasteiger partial charge on any atom is -0.476 e. The van der Waals surface area contributed by atoms with E-state index in [9.17, 15) is 9.59 Å². The number of nitrogens with zero attached hydrogens (tertiary/aromatic N) is 2. The van der Waals surface area contributed by atoms with Crippen molar-refractivity contribution in [1.29, 1.82) is 0 Å². The fourth-order valence-corrected chi connectivity index (χ4v) is 2.90. The van der Waals surface area contributed by atoms with Gasteiger partial charge in [-0.25, -0.2) is 14.6 Å². The summed E-state index contributed by atoms with van der Waals surface area (Å²) in [6, 6.07) is -0.127. The van der Waals surface area contributed by atoms with Crippen molar-refractivity contribution in [2.45, 2.75) is 25.8 Å². The van der Waals surface area contributed by atoms with Gasteiger partial charge in [-0.3, -0.25) is 0 Å². The number of morpholine rings is 1. The van der Waals surface area contributed by atoms with Crippen molar-refractivity contribution in [2.75, 3.05) is 26.3 Å². The number of hydrogen-bond acceptors (Lipinski definition) is 5. The highest BCUT2D eigenvalue weighted by Gasteiger charge is 2.33. The first-order chi connectivity index (χ1) is 9.90. The Morgan fingerprint density at radius 2 is 2.33 bits per heavy atom. The van der Waals surface area contributed by atoms with Gasteiger partial charge in [0.15, 0.2) is 5.69 Å². The Morgan fingerprint density at radius 1 is 1.57 bits per heavy atom. The van der Waals surface area contributed by atoms with Crippen LogP contribution in [0.4, 0.5) is 4.79 Å². The number of aromatic nitrogens is 1. The second-order valence-electron chi connectivity index (χ2n) is 5.43. The molecule has 0 spiro atoms. The summed E-state index contributed by atoms with van der Waals surface area (Å²) in [6.45, 7) is 6.00. The number of carbonyl (C=O) groups is 2. The van der Waals surface area contributed by atoms with Crippen LogP contribution in [0, 0.1) is 0 Å². The third kappa shape index (κ3) is 3.92. The molecule has 0 saturated carbocycles. The molecule has 0 radical (unpaired) electrons. The summed E-state index contributed by atoms with van der Waals surface area (Å²) in [4.78, 5) is 28.6. The van der Waals surface area contributed by atoms with Crippen molar-refractivity contribution in [2.24, 2.45) is 0 Å². The number of aromatic carboxylic acids is 1. The van der Waals surface area contributed by atoms with Crippen LogP contribution >= 0.6 is 11.3 Å². The monoisotopic (exact) mass is 313 g/mol. The van der Waals surface area contributed by atoms with Gasteiger partial charge in [0.05, 0.1) is 23.8 Å². The van der Waals surface area contributed by atoms with Crippen LogP contribution in [-0.2, 0) is 11.2 Å². The van der Waals surface area contributed by atoms with Crippen LogP contribution in [0.25, 0.3) is 0 Å². The summed E-state index contributed by atoms with van der Waals surface area (Å²) < 4.78 is 5.38. The molecule has 0 aromatic carbocycles.